The maximum Gasteiger partial charge on any atom is 3.00 e. The zero-order chi connectivity index (χ0) is 26.3. The first-order valence-electron chi connectivity index (χ1n) is 6.68. The molecule has 0 unspecified atom stereocenters. The first-order valence-corrected chi connectivity index (χ1v) is 12.8. The molecule has 0 saturated carbocycles. The molecular weight excluding hydrogens is 614 g/mol. The summed E-state index contributed by atoms with van der Waals surface area (Å²) < 4.78 is 178. The normalized spacial score (nSPS) is 20.7. The molecule has 0 spiro atoms. The first-order chi connectivity index (χ1) is 12.3. The van der Waals surface area contributed by atoms with E-state index < -0.39 is 23.4 Å². The van der Waals surface area contributed by atoms with E-state index in [1.165, 1.54) is 0 Å². The van der Waals surface area contributed by atoms with Crippen molar-refractivity contribution < 1.29 is 92.3 Å². The Morgan fingerprint density at radius 2 is 0.406 bits per heavy atom. The molecule has 0 amide bonds. The Morgan fingerprint density at radius 3 is 0.438 bits per heavy atom. The van der Waals surface area contributed by atoms with Gasteiger partial charge in [-0.1, -0.05) is 48.6 Å². The van der Waals surface area contributed by atoms with Gasteiger partial charge in [-0.25, -0.2) is 0 Å². The monoisotopic (exact) mass is 626 g/mol. The second kappa shape index (κ2) is 8.93. The Morgan fingerprint density at radius 1 is 0.312 bits per heavy atom. The van der Waals surface area contributed by atoms with E-state index in [0.717, 1.165) is 12.8 Å². The molecule has 0 fully saturated rings. The van der Waals surface area contributed by atoms with Gasteiger partial charge in [-0.2, -0.15) is 0 Å². The molecule has 0 radical (unpaired) electrons. The third kappa shape index (κ3) is 266. The standard InChI is InChI=1S/2C5H6.Co.3F6P/c2*1-2-4-5-3-1;;3*1-7(2,3,4,5)6/h2*1-4H,5H2;;;;/q;;+3;3*-1. The van der Waals surface area contributed by atoms with Crippen molar-refractivity contribution in [3.05, 3.63) is 48.6 Å². The summed E-state index contributed by atoms with van der Waals surface area (Å²) >= 11 is 0. The second-order valence-corrected chi connectivity index (χ2v) is 10.8. The molecule has 0 N–H and O–H groups in total. The SMILES string of the molecule is C1=CCC=C1.C1=CCC=C1.F[P-](F)(F)(F)(F)F.F[P-](F)(F)(F)(F)F.F[P-](F)(F)(F)(F)F.[Co+3]. The van der Waals surface area contributed by atoms with Gasteiger partial charge in [-0.05, 0) is 12.8 Å². The topological polar surface area (TPSA) is 0 Å². The fraction of sp³-hybridized carbons (Fsp3) is 0.200. The van der Waals surface area contributed by atoms with Crippen LogP contribution in [0.2, 0.25) is 0 Å². The van der Waals surface area contributed by atoms with Crippen LogP contribution in [0, 0.1) is 0 Å². The Labute approximate surface area is 178 Å². The molecular formula is C10H12CoF18P3. The van der Waals surface area contributed by atoms with Gasteiger partial charge in [0.1, 0.15) is 0 Å². The summed E-state index contributed by atoms with van der Waals surface area (Å²) in [5, 5.41) is 0. The van der Waals surface area contributed by atoms with Gasteiger partial charge < -0.3 is 0 Å². The smallest absolute Gasteiger partial charge is 3.00 e. The number of rotatable bonds is 0. The number of hydrogen-bond donors (Lipinski definition) is 0. The second-order valence-electron chi connectivity index (χ2n) is 5.06. The average Bonchev–Trinajstić information content (AvgIpc) is 2.95. The van der Waals surface area contributed by atoms with Gasteiger partial charge in [0.2, 0.25) is 0 Å². The Hall–Kier alpha value is -0.504. The van der Waals surface area contributed by atoms with E-state index in [0.29, 0.717) is 0 Å². The minimum absolute atomic E-state index is 0. The van der Waals surface area contributed by atoms with Crippen LogP contribution in [0.3, 0.4) is 0 Å². The van der Waals surface area contributed by atoms with Crippen molar-refractivity contribution in [3.8, 4) is 0 Å². The zero-order valence-electron chi connectivity index (χ0n) is 14.5. The average molecular weight is 626 g/mol. The van der Waals surface area contributed by atoms with Gasteiger partial charge in [-0.15, -0.1) is 0 Å². The third-order valence-corrected chi connectivity index (χ3v) is 1.31. The minimum Gasteiger partial charge on any atom is 3.00 e. The van der Waals surface area contributed by atoms with Crippen LogP contribution in [-0.2, 0) is 16.8 Å². The summed E-state index contributed by atoms with van der Waals surface area (Å²) in [7, 11) is -32.0. The molecule has 0 aromatic rings. The van der Waals surface area contributed by atoms with E-state index in [2.05, 4.69) is 48.6 Å². The molecule has 22 heteroatoms. The van der Waals surface area contributed by atoms with Crippen molar-refractivity contribution in [1.82, 2.24) is 0 Å². The van der Waals surface area contributed by atoms with Crippen molar-refractivity contribution >= 4 is 23.4 Å². The predicted octanol–water partition coefficient (Wildman–Crippen LogP) is 13.1. The zero-order valence-corrected chi connectivity index (χ0v) is 18.2. The minimum atomic E-state index is -10.7. The van der Waals surface area contributed by atoms with Crippen LogP contribution in [0.4, 0.5) is 75.5 Å². The van der Waals surface area contributed by atoms with Crippen molar-refractivity contribution in [2.24, 2.45) is 0 Å². The Balaban J connectivity index is -0.000000153. The molecule has 0 aliphatic heterocycles. The molecule has 0 aromatic heterocycles. The van der Waals surface area contributed by atoms with Gasteiger partial charge in [-0.3, -0.25) is 0 Å². The van der Waals surface area contributed by atoms with Crippen LogP contribution in [0.1, 0.15) is 12.8 Å². The Bertz CT molecular complexity index is 555. The first kappa shape index (κ1) is 38.7. The van der Waals surface area contributed by atoms with Gasteiger partial charge >= 0.3 is 116 Å². The largest absolute Gasteiger partial charge is 3.00 e. The van der Waals surface area contributed by atoms with Crippen molar-refractivity contribution in [1.29, 1.82) is 0 Å². The van der Waals surface area contributed by atoms with Gasteiger partial charge in [0.25, 0.3) is 0 Å². The van der Waals surface area contributed by atoms with Crippen LogP contribution in [0.5, 0.6) is 0 Å². The fourth-order valence-electron chi connectivity index (χ4n) is 0.786. The van der Waals surface area contributed by atoms with Crippen LogP contribution in [0.25, 0.3) is 0 Å². The Kier molecular flexibility index (Phi) is 10.8. The number of halogens is 18. The molecule has 0 bridgehead atoms. The van der Waals surface area contributed by atoms with Crippen LogP contribution in [-0.4, -0.2) is 0 Å². The van der Waals surface area contributed by atoms with Crippen LogP contribution in [0.15, 0.2) is 48.6 Å². The van der Waals surface area contributed by atoms with E-state index in [-0.39, 0.29) is 16.8 Å². The number of allylic oxidation sites excluding steroid dienone is 8. The summed E-state index contributed by atoms with van der Waals surface area (Å²) in [5.41, 5.74) is 0. The van der Waals surface area contributed by atoms with Crippen molar-refractivity contribution in [3.63, 3.8) is 0 Å². The molecule has 2 aliphatic carbocycles. The van der Waals surface area contributed by atoms with E-state index in [4.69, 9.17) is 0 Å². The molecule has 0 aromatic carbocycles. The van der Waals surface area contributed by atoms with Crippen LogP contribution < -0.4 is 0 Å². The summed E-state index contributed by atoms with van der Waals surface area (Å²) in [6, 6.07) is 0. The maximum absolute atomic E-state index is 10.7. The van der Waals surface area contributed by atoms with Gasteiger partial charge in [0, 0.05) is 0 Å². The summed E-state index contributed by atoms with van der Waals surface area (Å²) in [6.45, 7) is 0. The predicted molar refractivity (Wildman–Crippen MR) is 86.5 cm³/mol. The summed E-state index contributed by atoms with van der Waals surface area (Å²) in [6.07, 6.45) is 19.0. The van der Waals surface area contributed by atoms with Gasteiger partial charge in [0.15, 0.2) is 0 Å². The van der Waals surface area contributed by atoms with Crippen molar-refractivity contribution in [2.45, 2.75) is 12.8 Å². The molecule has 2 rings (SSSR count). The molecule has 0 saturated heterocycles. The van der Waals surface area contributed by atoms with E-state index in [1.807, 2.05) is 0 Å². The maximum atomic E-state index is 9.87. The van der Waals surface area contributed by atoms with E-state index in [9.17, 15) is 75.5 Å². The quantitative estimate of drug-likeness (QED) is 0.186. The fourth-order valence-corrected chi connectivity index (χ4v) is 0.786. The van der Waals surface area contributed by atoms with E-state index >= 15 is 0 Å². The van der Waals surface area contributed by atoms with Crippen molar-refractivity contribution in [2.75, 3.05) is 0 Å². The molecule has 2 aliphatic rings. The van der Waals surface area contributed by atoms with E-state index in [1.54, 1.807) is 0 Å². The summed E-state index contributed by atoms with van der Waals surface area (Å²) in [5.74, 6) is 0. The van der Waals surface area contributed by atoms with Gasteiger partial charge in [0.05, 0.1) is 0 Å². The molecule has 0 heterocycles. The molecule has 32 heavy (non-hydrogen) atoms. The third-order valence-electron chi connectivity index (χ3n) is 1.31. The summed E-state index contributed by atoms with van der Waals surface area (Å²) in [4.78, 5) is 0. The molecule has 0 atom stereocenters. The molecule has 202 valence electrons. The van der Waals surface area contributed by atoms with Crippen LogP contribution >= 0.6 is 23.4 Å². The molecule has 0 nitrogen and oxygen atoms in total. The number of hydrogen-bond acceptors (Lipinski definition) is 0.